The fourth-order valence-corrected chi connectivity index (χ4v) is 3.04. The van der Waals surface area contributed by atoms with Crippen LogP contribution in [0.3, 0.4) is 0 Å². The Kier molecular flexibility index (Phi) is 4.64. The average molecular weight is 333 g/mol. The molecule has 1 N–H and O–H groups in total. The predicted molar refractivity (Wildman–Crippen MR) is 86.9 cm³/mol. The summed E-state index contributed by atoms with van der Waals surface area (Å²) in [5.41, 5.74) is 1.15. The number of nitrogens with one attached hydrogen (secondary N) is 1. The van der Waals surface area contributed by atoms with Crippen LogP contribution in [0.5, 0.6) is 5.75 Å². The minimum Gasteiger partial charge on any atom is -0.438 e. The predicted octanol–water partition coefficient (Wildman–Crippen LogP) is 0.837. The van der Waals surface area contributed by atoms with E-state index >= 15 is 0 Å². The maximum Gasteiger partial charge on any atom is 0.270 e. The number of non-ortho nitro benzene ring substituents is 1. The van der Waals surface area contributed by atoms with Crippen molar-refractivity contribution in [3.05, 3.63) is 39.4 Å². The number of nitro benzene ring substituents is 1. The highest BCUT2D eigenvalue weighted by molar-refractivity contribution is 6.02. The molecule has 2 aliphatic rings. The summed E-state index contributed by atoms with van der Waals surface area (Å²) in [5, 5.41) is 11.0. The molecule has 0 spiro atoms. The van der Waals surface area contributed by atoms with Crippen LogP contribution in [0, 0.1) is 16.0 Å². The molecule has 0 amide bonds. The molecule has 1 aromatic carbocycles. The molecule has 2 aliphatic heterocycles. The molecule has 24 heavy (non-hydrogen) atoms. The van der Waals surface area contributed by atoms with E-state index in [0.29, 0.717) is 30.1 Å². The number of rotatable bonds is 4. The monoisotopic (exact) mass is 333 g/mol. The van der Waals surface area contributed by atoms with Gasteiger partial charge in [-0.15, -0.1) is 0 Å². The van der Waals surface area contributed by atoms with Crippen LogP contribution in [0.15, 0.2) is 23.8 Å². The molecule has 0 unspecified atom stereocenters. The number of ether oxygens (including phenoxy) is 2. The lowest BCUT2D eigenvalue weighted by Gasteiger charge is -2.34. The average Bonchev–Trinajstić information content (AvgIpc) is 2.60. The molecule has 0 aromatic heterocycles. The van der Waals surface area contributed by atoms with Crippen LogP contribution in [-0.4, -0.2) is 43.2 Å². The van der Waals surface area contributed by atoms with Gasteiger partial charge in [0.1, 0.15) is 18.8 Å². The summed E-state index contributed by atoms with van der Waals surface area (Å²) < 4.78 is 11.5. The first-order chi connectivity index (χ1) is 11.5. The lowest BCUT2D eigenvalue weighted by molar-refractivity contribution is -0.944. The van der Waals surface area contributed by atoms with Crippen LogP contribution in [0.4, 0.5) is 5.69 Å². The number of Topliss-reactive ketones (excluding diaryl/α,β-unsaturated/α-hetero) is 1. The van der Waals surface area contributed by atoms with Crippen LogP contribution in [-0.2, 0) is 9.53 Å². The third-order valence-electron chi connectivity index (χ3n) is 4.36. The zero-order valence-corrected chi connectivity index (χ0v) is 13.8. The summed E-state index contributed by atoms with van der Waals surface area (Å²) in [4.78, 5) is 24.3. The van der Waals surface area contributed by atoms with Gasteiger partial charge in [-0.2, -0.15) is 0 Å². The molecule has 3 rings (SSSR count). The molecule has 2 heterocycles. The van der Waals surface area contributed by atoms with E-state index in [1.807, 2.05) is 13.8 Å². The second-order valence-electron chi connectivity index (χ2n) is 6.37. The van der Waals surface area contributed by atoms with Crippen molar-refractivity contribution in [2.24, 2.45) is 5.92 Å². The summed E-state index contributed by atoms with van der Waals surface area (Å²) in [7, 11) is 0. The van der Waals surface area contributed by atoms with Crippen molar-refractivity contribution in [3.8, 4) is 5.75 Å². The van der Waals surface area contributed by atoms with Gasteiger partial charge in [-0.25, -0.2) is 0 Å². The van der Waals surface area contributed by atoms with Gasteiger partial charge in [-0.05, 0) is 12.1 Å². The lowest BCUT2D eigenvalue weighted by Crippen LogP contribution is -3.18. The zero-order valence-electron chi connectivity index (χ0n) is 13.8. The maximum absolute atomic E-state index is 12.7. The molecule has 0 radical (unpaired) electrons. The molecule has 1 fully saturated rings. The van der Waals surface area contributed by atoms with E-state index in [9.17, 15) is 14.9 Å². The normalized spacial score (nSPS) is 21.0. The Morgan fingerprint density at radius 3 is 2.67 bits per heavy atom. The van der Waals surface area contributed by atoms with Gasteiger partial charge in [-0.3, -0.25) is 19.8 Å². The molecular weight excluding hydrogens is 312 g/mol. The Morgan fingerprint density at radius 1 is 1.33 bits per heavy atom. The molecule has 7 nitrogen and oxygen atoms in total. The molecule has 1 aromatic rings. The number of carbonyl (C=O) groups is 1. The summed E-state index contributed by atoms with van der Waals surface area (Å²) in [6.07, 6.45) is 1.36. The van der Waals surface area contributed by atoms with Gasteiger partial charge in [-0.1, -0.05) is 13.8 Å². The number of hydrogen-bond donors (Lipinski definition) is 1. The second kappa shape index (κ2) is 6.70. The van der Waals surface area contributed by atoms with E-state index in [1.54, 1.807) is 12.1 Å². The third kappa shape index (κ3) is 3.18. The topological polar surface area (TPSA) is 83.1 Å². The number of nitrogens with zero attached hydrogens (tertiary/aromatic N) is 1. The number of benzene rings is 1. The van der Waals surface area contributed by atoms with Crippen molar-refractivity contribution in [1.82, 2.24) is 0 Å². The first kappa shape index (κ1) is 16.6. The highest BCUT2D eigenvalue weighted by atomic mass is 16.6. The van der Waals surface area contributed by atoms with Gasteiger partial charge in [0.2, 0.25) is 0 Å². The number of carbonyl (C=O) groups excluding carboxylic acids is 1. The minimum atomic E-state index is -0.447. The Labute approximate surface area is 140 Å². The van der Waals surface area contributed by atoms with E-state index in [1.165, 1.54) is 12.1 Å². The molecule has 0 bridgehead atoms. The molecular formula is C17H21N2O5+. The first-order valence-electron chi connectivity index (χ1n) is 8.10. The van der Waals surface area contributed by atoms with Crippen LogP contribution in [0.2, 0.25) is 0 Å². The Morgan fingerprint density at radius 2 is 2.04 bits per heavy atom. The van der Waals surface area contributed by atoms with E-state index < -0.39 is 11.2 Å². The quantitative estimate of drug-likeness (QED) is 0.652. The van der Waals surface area contributed by atoms with Gasteiger partial charge in [0.15, 0.2) is 5.78 Å². The fourth-order valence-electron chi connectivity index (χ4n) is 3.04. The summed E-state index contributed by atoms with van der Waals surface area (Å²) >= 11 is 0. The molecule has 128 valence electrons. The minimum absolute atomic E-state index is 0.0103. The first-order valence-corrected chi connectivity index (χ1v) is 8.10. The van der Waals surface area contributed by atoms with E-state index in [4.69, 9.17) is 9.47 Å². The van der Waals surface area contributed by atoms with E-state index in [2.05, 4.69) is 0 Å². The van der Waals surface area contributed by atoms with Crippen molar-refractivity contribution in [2.45, 2.75) is 20.1 Å². The number of hydrogen-bond acceptors (Lipinski definition) is 5. The van der Waals surface area contributed by atoms with Crippen molar-refractivity contribution in [1.29, 1.82) is 0 Å². The van der Waals surface area contributed by atoms with Gasteiger partial charge in [0.05, 0.1) is 23.7 Å². The van der Waals surface area contributed by atoms with Crippen molar-refractivity contribution in [2.75, 3.05) is 26.3 Å². The summed E-state index contributed by atoms with van der Waals surface area (Å²) in [6, 6.07) is 4.48. The van der Waals surface area contributed by atoms with Gasteiger partial charge >= 0.3 is 0 Å². The molecule has 0 aliphatic carbocycles. The second-order valence-corrected chi connectivity index (χ2v) is 6.37. The zero-order chi connectivity index (χ0) is 17.3. The number of fused-ring (bicyclic) bond motifs is 1. The maximum atomic E-state index is 12.7. The van der Waals surface area contributed by atoms with Crippen LogP contribution >= 0.6 is 0 Å². The molecule has 1 atom stereocenters. The summed E-state index contributed by atoms with van der Waals surface area (Å²) in [5.74, 6) is 0.420. The standard InChI is InChI=1S/C17H20N2O5/c1-11(2)16(20)14-10-12-9-13(19(21)22)3-4-15(12)24-17(14)18-5-7-23-8-6-18/h3-4,9-11,17H,5-8H2,1-2H3/p+1/t17-/m1/s1. The van der Waals surface area contributed by atoms with Gasteiger partial charge < -0.3 is 9.47 Å². The number of morpholine rings is 1. The number of ketones is 1. The van der Waals surface area contributed by atoms with Gasteiger partial charge in [0.25, 0.3) is 11.9 Å². The van der Waals surface area contributed by atoms with E-state index in [-0.39, 0.29) is 17.4 Å². The fraction of sp³-hybridized carbons (Fsp3) is 0.471. The molecule has 0 saturated carbocycles. The smallest absolute Gasteiger partial charge is 0.270 e. The third-order valence-corrected chi connectivity index (χ3v) is 4.36. The summed E-state index contributed by atoms with van der Waals surface area (Å²) in [6.45, 7) is 6.47. The van der Waals surface area contributed by atoms with Gasteiger partial charge in [0, 0.05) is 23.6 Å². The highest BCUT2D eigenvalue weighted by Gasteiger charge is 2.37. The Hall–Kier alpha value is -2.25. The number of nitro groups is 1. The molecule has 1 saturated heterocycles. The van der Waals surface area contributed by atoms with Crippen LogP contribution in [0.25, 0.3) is 6.08 Å². The van der Waals surface area contributed by atoms with Crippen LogP contribution in [0.1, 0.15) is 19.4 Å². The van der Waals surface area contributed by atoms with Crippen molar-refractivity contribution in [3.63, 3.8) is 0 Å². The van der Waals surface area contributed by atoms with Crippen molar-refractivity contribution >= 4 is 17.5 Å². The van der Waals surface area contributed by atoms with Crippen LogP contribution < -0.4 is 9.64 Å². The highest BCUT2D eigenvalue weighted by Crippen LogP contribution is 2.32. The lowest BCUT2D eigenvalue weighted by atomic mass is 9.94. The largest absolute Gasteiger partial charge is 0.438 e. The number of quaternary nitrogens is 1. The Balaban J connectivity index is 2.00. The van der Waals surface area contributed by atoms with E-state index in [0.717, 1.165) is 18.0 Å². The molecule has 7 heteroatoms. The SMILES string of the molecule is CC(C)C(=O)C1=Cc2cc([N+](=O)[O-])ccc2O[C@H]1[NH+]1CCOCC1. The Bertz CT molecular complexity index is 692. The van der Waals surface area contributed by atoms with Crippen molar-refractivity contribution < 1.29 is 24.1 Å².